The second kappa shape index (κ2) is 5.32. The smallest absolute Gasteiger partial charge is 0.205 e. The summed E-state index contributed by atoms with van der Waals surface area (Å²) >= 11 is 0. The van der Waals surface area contributed by atoms with Gasteiger partial charge < -0.3 is 15.6 Å². The van der Waals surface area contributed by atoms with Gasteiger partial charge >= 0.3 is 0 Å². The lowest BCUT2D eigenvalue weighted by Crippen LogP contribution is -2.21. The highest BCUT2D eigenvalue weighted by Crippen LogP contribution is 2.44. The summed E-state index contributed by atoms with van der Waals surface area (Å²) in [4.78, 5) is 0. The maximum Gasteiger partial charge on any atom is 0.205 e. The van der Waals surface area contributed by atoms with E-state index in [9.17, 15) is 10.4 Å². The van der Waals surface area contributed by atoms with Crippen molar-refractivity contribution < 1.29 is 9.84 Å². The lowest BCUT2D eigenvalue weighted by molar-refractivity contribution is 0.388. The Bertz CT molecular complexity index is 1030. The Morgan fingerprint density at radius 2 is 1.79 bits per heavy atom. The van der Waals surface area contributed by atoms with Crippen LogP contribution in [-0.4, -0.2) is 5.11 Å². The molecule has 4 rings (SSSR count). The zero-order chi connectivity index (χ0) is 16.7. The summed E-state index contributed by atoms with van der Waals surface area (Å²) in [6.07, 6.45) is 0. The van der Waals surface area contributed by atoms with E-state index < -0.39 is 0 Å². The minimum Gasteiger partial charge on any atom is -0.508 e. The van der Waals surface area contributed by atoms with Gasteiger partial charge in [-0.25, -0.2) is 0 Å². The van der Waals surface area contributed by atoms with Crippen molar-refractivity contribution in [2.45, 2.75) is 5.92 Å². The highest BCUT2D eigenvalue weighted by Gasteiger charge is 2.31. The molecule has 1 atom stereocenters. The van der Waals surface area contributed by atoms with E-state index in [0.717, 1.165) is 21.9 Å². The largest absolute Gasteiger partial charge is 0.508 e. The predicted molar refractivity (Wildman–Crippen MR) is 91.4 cm³/mol. The van der Waals surface area contributed by atoms with Crippen molar-refractivity contribution in [2.75, 3.05) is 0 Å². The zero-order valence-electron chi connectivity index (χ0n) is 12.7. The van der Waals surface area contributed by atoms with Crippen molar-refractivity contribution in [2.24, 2.45) is 5.73 Å². The van der Waals surface area contributed by atoms with Crippen LogP contribution >= 0.6 is 0 Å². The number of aromatic hydroxyl groups is 1. The van der Waals surface area contributed by atoms with Crippen LogP contribution in [0, 0.1) is 11.3 Å². The van der Waals surface area contributed by atoms with Gasteiger partial charge in [0.15, 0.2) is 0 Å². The highest BCUT2D eigenvalue weighted by atomic mass is 16.5. The fraction of sp³-hybridized carbons (Fsp3) is 0.0500. The Balaban J connectivity index is 2.04. The van der Waals surface area contributed by atoms with Gasteiger partial charge in [0.1, 0.15) is 23.1 Å². The van der Waals surface area contributed by atoms with Crippen LogP contribution in [-0.2, 0) is 0 Å². The van der Waals surface area contributed by atoms with E-state index in [0.29, 0.717) is 11.3 Å². The number of nitrogens with two attached hydrogens (primary N) is 1. The molecule has 1 heterocycles. The van der Waals surface area contributed by atoms with Crippen molar-refractivity contribution in [3.8, 4) is 17.6 Å². The van der Waals surface area contributed by atoms with Crippen LogP contribution in [0.2, 0.25) is 0 Å². The fourth-order valence-corrected chi connectivity index (χ4v) is 3.27. The number of phenolic OH excluding ortho intramolecular Hbond substituents is 1. The van der Waals surface area contributed by atoms with Gasteiger partial charge in [-0.2, -0.15) is 5.26 Å². The van der Waals surface area contributed by atoms with Crippen molar-refractivity contribution >= 4 is 10.8 Å². The zero-order valence-corrected chi connectivity index (χ0v) is 12.7. The van der Waals surface area contributed by atoms with Gasteiger partial charge in [-0.3, -0.25) is 0 Å². The van der Waals surface area contributed by atoms with Crippen molar-refractivity contribution in [3.05, 3.63) is 83.2 Å². The van der Waals surface area contributed by atoms with Crippen LogP contribution in [0.15, 0.2) is 72.1 Å². The molecule has 0 spiro atoms. The van der Waals surface area contributed by atoms with Crippen LogP contribution < -0.4 is 10.5 Å². The molecule has 0 bridgehead atoms. The van der Waals surface area contributed by atoms with E-state index in [4.69, 9.17) is 10.5 Å². The predicted octanol–water partition coefficient (Wildman–Crippen LogP) is 3.76. The molecular formula is C20H14N2O2. The van der Waals surface area contributed by atoms with Crippen molar-refractivity contribution in [3.63, 3.8) is 0 Å². The number of nitrogens with zero attached hydrogens (tertiary/aromatic N) is 1. The van der Waals surface area contributed by atoms with E-state index in [2.05, 4.69) is 6.07 Å². The van der Waals surface area contributed by atoms with Crippen LogP contribution in [0.4, 0.5) is 0 Å². The topological polar surface area (TPSA) is 79.3 Å². The molecule has 1 aliphatic rings. The normalized spacial score (nSPS) is 16.4. The van der Waals surface area contributed by atoms with Gasteiger partial charge in [0.2, 0.25) is 5.88 Å². The molecule has 0 aliphatic carbocycles. The van der Waals surface area contributed by atoms with E-state index in [1.807, 2.05) is 42.5 Å². The van der Waals surface area contributed by atoms with Gasteiger partial charge in [-0.05, 0) is 22.4 Å². The SMILES string of the molecule is N#CC1=C(N)Oc2cc(O)ccc2[C@H]1c1cccc2ccccc12. The lowest BCUT2D eigenvalue weighted by Gasteiger charge is -2.27. The first-order valence-electron chi connectivity index (χ1n) is 7.57. The molecule has 0 amide bonds. The third-order valence-corrected chi connectivity index (χ3v) is 4.34. The number of benzene rings is 3. The van der Waals surface area contributed by atoms with Gasteiger partial charge in [-0.15, -0.1) is 0 Å². The van der Waals surface area contributed by atoms with E-state index in [1.54, 1.807) is 12.1 Å². The molecule has 3 aromatic rings. The molecule has 4 nitrogen and oxygen atoms in total. The molecule has 0 radical (unpaired) electrons. The van der Waals surface area contributed by atoms with Gasteiger partial charge in [0.05, 0.1) is 5.92 Å². The van der Waals surface area contributed by atoms with Gasteiger partial charge in [0, 0.05) is 11.6 Å². The number of allylic oxidation sites excluding steroid dienone is 1. The summed E-state index contributed by atoms with van der Waals surface area (Å²) in [5, 5.41) is 21.5. The Kier molecular flexibility index (Phi) is 3.14. The Morgan fingerprint density at radius 3 is 2.62 bits per heavy atom. The van der Waals surface area contributed by atoms with Crippen LogP contribution in [0.5, 0.6) is 11.5 Å². The molecule has 0 aromatic heterocycles. The van der Waals surface area contributed by atoms with Crippen LogP contribution in [0.25, 0.3) is 10.8 Å². The summed E-state index contributed by atoms with van der Waals surface area (Å²) in [6, 6.07) is 21.1. The monoisotopic (exact) mass is 314 g/mol. The standard InChI is InChI=1S/C20H14N2O2/c21-11-17-19(15-7-3-5-12-4-1-2-6-14(12)15)16-9-8-13(23)10-18(16)24-20(17)22/h1-10,19,23H,22H2/t19-/m1/s1. The molecule has 4 heteroatoms. The highest BCUT2D eigenvalue weighted by molar-refractivity contribution is 5.87. The number of hydrogen-bond acceptors (Lipinski definition) is 4. The maximum absolute atomic E-state index is 9.72. The quantitative estimate of drug-likeness (QED) is 0.716. The number of hydrogen-bond donors (Lipinski definition) is 2. The molecule has 0 unspecified atom stereocenters. The summed E-state index contributed by atoms with van der Waals surface area (Å²) in [7, 11) is 0. The minimum atomic E-state index is -0.328. The summed E-state index contributed by atoms with van der Waals surface area (Å²) < 4.78 is 5.55. The Morgan fingerprint density at radius 1 is 1.00 bits per heavy atom. The van der Waals surface area contributed by atoms with E-state index in [1.165, 1.54) is 6.07 Å². The molecule has 24 heavy (non-hydrogen) atoms. The van der Waals surface area contributed by atoms with Crippen LogP contribution in [0.3, 0.4) is 0 Å². The molecule has 116 valence electrons. The number of nitriles is 1. The molecule has 3 aromatic carbocycles. The number of rotatable bonds is 1. The minimum absolute atomic E-state index is 0.0773. The average molecular weight is 314 g/mol. The molecule has 1 aliphatic heterocycles. The second-order valence-electron chi connectivity index (χ2n) is 5.72. The van der Waals surface area contributed by atoms with Gasteiger partial charge in [-0.1, -0.05) is 48.5 Å². The first-order chi connectivity index (χ1) is 11.7. The van der Waals surface area contributed by atoms with Crippen molar-refractivity contribution in [1.29, 1.82) is 5.26 Å². The first-order valence-corrected chi connectivity index (χ1v) is 7.57. The van der Waals surface area contributed by atoms with E-state index in [-0.39, 0.29) is 17.6 Å². The third-order valence-electron chi connectivity index (χ3n) is 4.34. The number of fused-ring (bicyclic) bond motifs is 2. The van der Waals surface area contributed by atoms with Crippen molar-refractivity contribution in [1.82, 2.24) is 0 Å². The summed E-state index contributed by atoms with van der Waals surface area (Å²) in [5.41, 5.74) is 8.16. The van der Waals surface area contributed by atoms with Gasteiger partial charge in [0.25, 0.3) is 0 Å². The third kappa shape index (κ3) is 2.07. The molecule has 0 saturated carbocycles. The average Bonchev–Trinajstić information content (AvgIpc) is 2.60. The lowest BCUT2D eigenvalue weighted by atomic mass is 9.81. The maximum atomic E-state index is 9.72. The molecule has 0 fully saturated rings. The Labute approximate surface area is 139 Å². The number of ether oxygens (including phenoxy) is 1. The fourth-order valence-electron chi connectivity index (χ4n) is 3.27. The molecule has 3 N–H and O–H groups in total. The summed E-state index contributed by atoms with van der Waals surface area (Å²) in [5.74, 6) is 0.321. The molecular weight excluding hydrogens is 300 g/mol. The van der Waals surface area contributed by atoms with E-state index >= 15 is 0 Å². The van der Waals surface area contributed by atoms with Crippen LogP contribution in [0.1, 0.15) is 17.0 Å². The first kappa shape index (κ1) is 14.2. The summed E-state index contributed by atoms with van der Waals surface area (Å²) in [6.45, 7) is 0. The Hall–Kier alpha value is -3.45. The second-order valence-corrected chi connectivity index (χ2v) is 5.72. The number of phenols is 1. The molecule has 0 saturated heterocycles.